The normalized spacial score (nSPS) is 29.9. The third-order valence-corrected chi connectivity index (χ3v) is 10.2. The molecule has 1 aromatic heterocycles. The molecule has 0 aliphatic carbocycles. The lowest BCUT2D eigenvalue weighted by Gasteiger charge is -2.37. The molecule has 2 aliphatic rings. The quantitative estimate of drug-likeness (QED) is 0.756. The smallest absolute Gasteiger partial charge is 0.330 e. The number of aromatic amines is 1. The fourth-order valence-corrected chi connectivity index (χ4v) is 4.19. The van der Waals surface area contributed by atoms with Gasteiger partial charge in [-0.3, -0.25) is 14.3 Å². The van der Waals surface area contributed by atoms with Gasteiger partial charge in [0, 0.05) is 0 Å². The van der Waals surface area contributed by atoms with Crippen LogP contribution < -0.4 is 11.2 Å². The van der Waals surface area contributed by atoms with E-state index in [0.29, 0.717) is 0 Å². The average Bonchev–Trinajstić information content (AvgIpc) is 3.01. The number of nitrogens with one attached hydrogen (secondary N) is 1. The molecule has 4 atom stereocenters. The molecule has 158 valence electrons. The van der Waals surface area contributed by atoms with Crippen molar-refractivity contribution in [2.75, 3.05) is 6.61 Å². The Morgan fingerprint density at radius 3 is 2.46 bits per heavy atom. The first-order chi connectivity index (χ1) is 12.7. The predicted molar refractivity (Wildman–Crippen MR) is 102 cm³/mol. The summed E-state index contributed by atoms with van der Waals surface area (Å²) in [7, 11) is -2.03. The van der Waals surface area contributed by atoms with E-state index in [2.05, 4.69) is 33.9 Å². The van der Waals surface area contributed by atoms with Crippen molar-refractivity contribution in [1.29, 1.82) is 0 Å². The minimum atomic E-state index is -2.03. The minimum Gasteiger partial charge on any atom is -0.414 e. The highest BCUT2D eigenvalue weighted by molar-refractivity contribution is 6.74. The van der Waals surface area contributed by atoms with Crippen molar-refractivity contribution >= 4 is 8.32 Å². The lowest BCUT2D eigenvalue weighted by Crippen LogP contribution is -2.44. The van der Waals surface area contributed by atoms with Crippen molar-refractivity contribution < 1.29 is 23.0 Å². The first-order valence-corrected chi connectivity index (χ1v) is 12.3. The molecule has 0 spiro atoms. The summed E-state index contributed by atoms with van der Waals surface area (Å²) in [4.78, 5) is 25.5. The van der Waals surface area contributed by atoms with E-state index < -0.39 is 55.7 Å². The summed E-state index contributed by atoms with van der Waals surface area (Å²) in [6.45, 7) is 14.5. The van der Waals surface area contributed by atoms with Crippen LogP contribution in [0.4, 0.5) is 4.39 Å². The van der Waals surface area contributed by atoms with E-state index in [9.17, 15) is 14.0 Å². The molecule has 0 amide bonds. The van der Waals surface area contributed by atoms with Gasteiger partial charge in [-0.2, -0.15) is 4.39 Å². The Balaban J connectivity index is 1.88. The SMILES string of the molecule is CC1(C)O[C@@H]2[C@H](O1)[C@@H](CO[Si](C)(C)C(C)(C)C)O[C@H]2n1cc(F)c(=O)[nH]c1=O. The molecule has 2 saturated heterocycles. The third kappa shape index (κ3) is 3.88. The lowest BCUT2D eigenvalue weighted by molar-refractivity contribution is -0.200. The molecule has 1 aromatic rings. The molecule has 0 saturated carbocycles. The zero-order valence-electron chi connectivity index (χ0n) is 17.4. The lowest BCUT2D eigenvalue weighted by atomic mass is 10.1. The predicted octanol–water partition coefficient (Wildman–Crippen LogP) is 2.12. The van der Waals surface area contributed by atoms with Crippen LogP contribution in [0.5, 0.6) is 0 Å². The molecule has 3 heterocycles. The number of ether oxygens (including phenoxy) is 3. The van der Waals surface area contributed by atoms with Gasteiger partial charge in [0.1, 0.15) is 18.3 Å². The van der Waals surface area contributed by atoms with Crippen molar-refractivity contribution in [2.45, 2.75) is 83.1 Å². The van der Waals surface area contributed by atoms with Gasteiger partial charge in [0.15, 0.2) is 20.3 Å². The molecule has 1 N–H and O–H groups in total. The van der Waals surface area contributed by atoms with Gasteiger partial charge in [0.2, 0.25) is 5.82 Å². The second-order valence-corrected chi connectivity index (χ2v) is 14.2. The van der Waals surface area contributed by atoms with E-state index >= 15 is 0 Å². The molecule has 0 radical (unpaired) electrons. The van der Waals surface area contributed by atoms with Crippen molar-refractivity contribution in [3.05, 3.63) is 32.9 Å². The Hall–Kier alpha value is -1.33. The van der Waals surface area contributed by atoms with Gasteiger partial charge in [-0.05, 0) is 32.0 Å². The molecule has 8 nitrogen and oxygen atoms in total. The number of hydrogen-bond acceptors (Lipinski definition) is 6. The van der Waals surface area contributed by atoms with Crippen LogP contribution in [0.3, 0.4) is 0 Å². The Morgan fingerprint density at radius 2 is 1.86 bits per heavy atom. The van der Waals surface area contributed by atoms with Crippen LogP contribution >= 0.6 is 0 Å². The monoisotopic (exact) mass is 416 g/mol. The van der Waals surface area contributed by atoms with Crippen LogP contribution in [0.15, 0.2) is 15.8 Å². The topological polar surface area (TPSA) is 91.8 Å². The second-order valence-electron chi connectivity index (χ2n) is 9.34. The number of nitrogens with zero attached hydrogens (tertiary/aromatic N) is 1. The third-order valence-electron chi connectivity index (χ3n) is 5.74. The van der Waals surface area contributed by atoms with Crippen LogP contribution in [0.2, 0.25) is 18.1 Å². The summed E-state index contributed by atoms with van der Waals surface area (Å²) in [5.41, 5.74) is -1.84. The summed E-state index contributed by atoms with van der Waals surface area (Å²) in [6.07, 6.45) is -1.70. The maximum absolute atomic E-state index is 13.8. The van der Waals surface area contributed by atoms with E-state index in [-0.39, 0.29) is 11.6 Å². The Morgan fingerprint density at radius 1 is 1.25 bits per heavy atom. The Bertz CT molecular complexity index is 859. The van der Waals surface area contributed by atoms with E-state index in [0.717, 1.165) is 10.8 Å². The van der Waals surface area contributed by atoms with Crippen molar-refractivity contribution in [3.8, 4) is 0 Å². The molecule has 3 rings (SSSR count). The van der Waals surface area contributed by atoms with E-state index in [1.807, 2.05) is 4.98 Å². The Kier molecular flexibility index (Phi) is 5.25. The zero-order chi connectivity index (χ0) is 21.1. The molecular weight excluding hydrogens is 387 g/mol. The highest BCUT2D eigenvalue weighted by Crippen LogP contribution is 2.43. The number of aromatic nitrogens is 2. The zero-order valence-corrected chi connectivity index (χ0v) is 18.4. The van der Waals surface area contributed by atoms with Gasteiger partial charge in [-0.1, -0.05) is 20.8 Å². The first kappa shape index (κ1) is 21.4. The van der Waals surface area contributed by atoms with Crippen LogP contribution in [-0.4, -0.2) is 48.6 Å². The maximum atomic E-state index is 13.8. The molecule has 2 fully saturated rings. The fourth-order valence-electron chi connectivity index (χ4n) is 3.17. The summed E-state index contributed by atoms with van der Waals surface area (Å²) < 4.78 is 39.0. The molecule has 10 heteroatoms. The summed E-state index contributed by atoms with van der Waals surface area (Å²) in [5.74, 6) is -1.95. The second kappa shape index (κ2) is 6.87. The van der Waals surface area contributed by atoms with E-state index in [1.54, 1.807) is 13.8 Å². The van der Waals surface area contributed by atoms with Crippen molar-refractivity contribution in [2.24, 2.45) is 0 Å². The van der Waals surface area contributed by atoms with Crippen LogP contribution in [0.1, 0.15) is 40.8 Å². The van der Waals surface area contributed by atoms with Gasteiger partial charge < -0.3 is 18.6 Å². The molecule has 2 aliphatic heterocycles. The number of fused-ring (bicyclic) bond motifs is 1. The summed E-state index contributed by atoms with van der Waals surface area (Å²) in [6, 6.07) is 0. The van der Waals surface area contributed by atoms with Gasteiger partial charge in [-0.15, -0.1) is 0 Å². The van der Waals surface area contributed by atoms with E-state index in [4.69, 9.17) is 18.6 Å². The van der Waals surface area contributed by atoms with Crippen LogP contribution in [-0.2, 0) is 18.6 Å². The standard InChI is InChI=1S/C18H29FN2O6Si/c1-17(2,3)28(6,7)24-9-11-12-13(27-18(4,5)26-12)15(25-11)21-8-10(19)14(22)20-16(21)23/h8,11-13,15H,9H2,1-7H3,(H,20,22,23)/t11-,12-,13-,15-/m1/s1. The van der Waals surface area contributed by atoms with Gasteiger partial charge in [0.05, 0.1) is 12.8 Å². The van der Waals surface area contributed by atoms with E-state index in [1.165, 1.54) is 0 Å². The van der Waals surface area contributed by atoms with Crippen molar-refractivity contribution in [3.63, 3.8) is 0 Å². The number of halogens is 1. The minimum absolute atomic E-state index is 0.0235. The molecule has 0 bridgehead atoms. The first-order valence-electron chi connectivity index (χ1n) is 9.38. The number of hydrogen-bond donors (Lipinski definition) is 1. The number of H-pyrrole nitrogens is 1. The molecule has 0 aromatic carbocycles. The van der Waals surface area contributed by atoms with Gasteiger partial charge in [0.25, 0.3) is 5.56 Å². The Labute approximate surface area is 164 Å². The molecular formula is C18H29FN2O6Si. The summed E-state index contributed by atoms with van der Waals surface area (Å²) in [5, 5.41) is 0.0235. The summed E-state index contributed by atoms with van der Waals surface area (Å²) >= 11 is 0. The molecule has 28 heavy (non-hydrogen) atoms. The largest absolute Gasteiger partial charge is 0.414 e. The molecule has 0 unspecified atom stereocenters. The highest BCUT2D eigenvalue weighted by atomic mass is 28.4. The van der Waals surface area contributed by atoms with Crippen LogP contribution in [0, 0.1) is 5.82 Å². The van der Waals surface area contributed by atoms with Crippen molar-refractivity contribution in [1.82, 2.24) is 9.55 Å². The van der Waals surface area contributed by atoms with Crippen LogP contribution in [0.25, 0.3) is 0 Å². The fraction of sp³-hybridized carbons (Fsp3) is 0.778. The average molecular weight is 417 g/mol. The number of rotatable bonds is 4. The highest BCUT2D eigenvalue weighted by Gasteiger charge is 2.56. The van der Waals surface area contributed by atoms with Gasteiger partial charge in [-0.25, -0.2) is 4.79 Å². The van der Waals surface area contributed by atoms with Gasteiger partial charge >= 0.3 is 5.69 Å². The maximum Gasteiger partial charge on any atom is 0.330 e.